The van der Waals surface area contributed by atoms with Gasteiger partial charge in [-0.15, -0.1) is 0 Å². The molecule has 0 bridgehead atoms. The number of hydrogen-bond acceptors (Lipinski definition) is 5. The van der Waals surface area contributed by atoms with Crippen molar-refractivity contribution in [3.63, 3.8) is 0 Å². The van der Waals surface area contributed by atoms with Crippen molar-refractivity contribution in [1.29, 1.82) is 0 Å². The molecule has 1 atom stereocenters. The molecule has 0 aliphatic heterocycles. The van der Waals surface area contributed by atoms with Crippen LogP contribution in [0.3, 0.4) is 0 Å². The summed E-state index contributed by atoms with van der Waals surface area (Å²) in [6, 6.07) is 8.10. The molecule has 0 amide bonds. The lowest BCUT2D eigenvalue weighted by atomic mass is 10.1. The fraction of sp³-hybridized carbons (Fsp3) is 0.467. The highest BCUT2D eigenvalue weighted by Crippen LogP contribution is 2.33. The summed E-state index contributed by atoms with van der Waals surface area (Å²) in [5.74, 6) is 2.91. The third kappa shape index (κ3) is 2.82. The maximum atomic E-state index is 5.35. The van der Waals surface area contributed by atoms with Gasteiger partial charge in [-0.05, 0) is 50.1 Å². The molecule has 1 heterocycles. The second-order valence-electron chi connectivity index (χ2n) is 5.18. The molecule has 0 saturated heterocycles. The fourth-order valence-electron chi connectivity index (χ4n) is 2.39. The molecule has 5 nitrogen and oxygen atoms in total. The van der Waals surface area contributed by atoms with Gasteiger partial charge in [-0.1, -0.05) is 5.16 Å². The van der Waals surface area contributed by atoms with Crippen molar-refractivity contribution in [1.82, 2.24) is 15.5 Å². The summed E-state index contributed by atoms with van der Waals surface area (Å²) in [7, 11) is 3.64. The molecular formula is C15H19N3O2. The molecule has 1 aromatic carbocycles. The largest absolute Gasteiger partial charge is 0.497 e. The Morgan fingerprint density at radius 1 is 1.35 bits per heavy atom. The van der Waals surface area contributed by atoms with Crippen LogP contribution in [0.5, 0.6) is 5.75 Å². The van der Waals surface area contributed by atoms with Gasteiger partial charge in [0.2, 0.25) is 11.7 Å². The average Bonchev–Trinajstić information content (AvgIpc) is 3.24. The van der Waals surface area contributed by atoms with E-state index >= 15 is 0 Å². The number of likely N-dealkylation sites (N-methyl/N-ethyl adjacent to an activating group) is 1. The minimum Gasteiger partial charge on any atom is -0.497 e. The topological polar surface area (TPSA) is 60.2 Å². The van der Waals surface area contributed by atoms with Crippen LogP contribution in [-0.4, -0.2) is 30.3 Å². The first-order valence-electron chi connectivity index (χ1n) is 6.94. The number of nitrogens with zero attached hydrogens (tertiary/aromatic N) is 2. The van der Waals surface area contributed by atoms with Crippen LogP contribution in [0.2, 0.25) is 0 Å². The SMILES string of the molecule is CNC(Cc1nc(-c2ccc(OC)cc2)no1)C1CC1. The average molecular weight is 273 g/mol. The van der Waals surface area contributed by atoms with Crippen molar-refractivity contribution in [3.05, 3.63) is 30.2 Å². The second kappa shape index (κ2) is 5.63. The minimum atomic E-state index is 0.444. The monoisotopic (exact) mass is 273 g/mol. The first-order chi connectivity index (χ1) is 9.80. The van der Waals surface area contributed by atoms with Crippen LogP contribution in [0, 0.1) is 5.92 Å². The van der Waals surface area contributed by atoms with Gasteiger partial charge in [0.15, 0.2) is 0 Å². The van der Waals surface area contributed by atoms with Gasteiger partial charge in [-0.2, -0.15) is 4.98 Å². The molecule has 5 heteroatoms. The molecule has 1 N–H and O–H groups in total. The fourth-order valence-corrected chi connectivity index (χ4v) is 2.39. The van der Waals surface area contributed by atoms with Gasteiger partial charge in [0.05, 0.1) is 7.11 Å². The Kier molecular flexibility index (Phi) is 3.69. The first kappa shape index (κ1) is 13.1. The molecule has 2 aromatic rings. The Morgan fingerprint density at radius 3 is 2.70 bits per heavy atom. The van der Waals surface area contributed by atoms with Crippen LogP contribution < -0.4 is 10.1 Å². The Bertz CT molecular complexity index is 561. The standard InChI is InChI=1S/C15H19N3O2/c1-16-13(10-3-4-10)9-14-17-15(18-20-14)11-5-7-12(19-2)8-6-11/h5-8,10,13,16H,3-4,9H2,1-2H3. The smallest absolute Gasteiger partial charge is 0.228 e. The van der Waals surface area contributed by atoms with Gasteiger partial charge < -0.3 is 14.6 Å². The van der Waals surface area contributed by atoms with Crippen LogP contribution >= 0.6 is 0 Å². The van der Waals surface area contributed by atoms with Gasteiger partial charge >= 0.3 is 0 Å². The molecule has 1 fully saturated rings. The van der Waals surface area contributed by atoms with E-state index in [9.17, 15) is 0 Å². The first-order valence-corrected chi connectivity index (χ1v) is 6.94. The molecule has 20 heavy (non-hydrogen) atoms. The van der Waals surface area contributed by atoms with Crippen LogP contribution in [-0.2, 0) is 6.42 Å². The molecular weight excluding hydrogens is 254 g/mol. The maximum absolute atomic E-state index is 5.35. The van der Waals surface area contributed by atoms with Gasteiger partial charge in [0.1, 0.15) is 5.75 Å². The van der Waals surface area contributed by atoms with E-state index in [4.69, 9.17) is 9.26 Å². The highest BCUT2D eigenvalue weighted by atomic mass is 16.5. The molecule has 0 radical (unpaired) electrons. The number of methoxy groups -OCH3 is 1. The molecule has 1 aliphatic carbocycles. The lowest BCUT2D eigenvalue weighted by molar-refractivity contribution is 0.352. The van der Waals surface area contributed by atoms with Crippen molar-refractivity contribution in [2.45, 2.75) is 25.3 Å². The van der Waals surface area contributed by atoms with Crippen LogP contribution in [0.4, 0.5) is 0 Å². The minimum absolute atomic E-state index is 0.444. The Labute approximate surface area is 118 Å². The molecule has 106 valence electrons. The van der Waals surface area contributed by atoms with Gasteiger partial charge in [0, 0.05) is 18.0 Å². The van der Waals surface area contributed by atoms with Crippen molar-refractivity contribution in [3.8, 4) is 17.1 Å². The predicted octanol–water partition coefficient (Wildman–Crippen LogP) is 2.29. The highest BCUT2D eigenvalue weighted by molar-refractivity contribution is 5.55. The lowest BCUT2D eigenvalue weighted by Gasteiger charge is -2.11. The van der Waals surface area contributed by atoms with E-state index < -0.39 is 0 Å². The number of hydrogen-bond donors (Lipinski definition) is 1. The summed E-state index contributed by atoms with van der Waals surface area (Å²) in [4.78, 5) is 4.48. The molecule has 1 saturated carbocycles. The van der Waals surface area contributed by atoms with E-state index in [0.29, 0.717) is 17.8 Å². The van der Waals surface area contributed by atoms with E-state index in [2.05, 4.69) is 15.5 Å². The second-order valence-corrected chi connectivity index (χ2v) is 5.18. The van der Waals surface area contributed by atoms with Crippen LogP contribution in [0.1, 0.15) is 18.7 Å². The summed E-state index contributed by atoms with van der Waals surface area (Å²) < 4.78 is 10.5. The number of benzene rings is 1. The zero-order valence-corrected chi connectivity index (χ0v) is 11.8. The van der Waals surface area contributed by atoms with Crippen molar-refractivity contribution < 1.29 is 9.26 Å². The highest BCUT2D eigenvalue weighted by Gasteiger charge is 2.31. The van der Waals surface area contributed by atoms with E-state index in [1.165, 1.54) is 12.8 Å². The van der Waals surface area contributed by atoms with E-state index in [-0.39, 0.29) is 0 Å². The molecule has 1 aromatic heterocycles. The number of aromatic nitrogens is 2. The van der Waals surface area contributed by atoms with Gasteiger partial charge in [-0.3, -0.25) is 0 Å². The van der Waals surface area contributed by atoms with Gasteiger partial charge in [-0.25, -0.2) is 0 Å². The number of rotatable bonds is 6. The molecule has 3 rings (SSSR count). The van der Waals surface area contributed by atoms with Gasteiger partial charge in [0.25, 0.3) is 0 Å². The van der Waals surface area contributed by atoms with Crippen molar-refractivity contribution in [2.24, 2.45) is 5.92 Å². The lowest BCUT2D eigenvalue weighted by Crippen LogP contribution is -2.29. The van der Waals surface area contributed by atoms with Crippen molar-refractivity contribution >= 4 is 0 Å². The molecule has 0 spiro atoms. The number of nitrogens with one attached hydrogen (secondary N) is 1. The number of ether oxygens (including phenoxy) is 1. The Balaban J connectivity index is 1.71. The normalized spacial score (nSPS) is 16.1. The maximum Gasteiger partial charge on any atom is 0.228 e. The zero-order valence-electron chi connectivity index (χ0n) is 11.8. The third-order valence-electron chi connectivity index (χ3n) is 3.77. The molecule has 1 aliphatic rings. The van der Waals surface area contributed by atoms with Crippen LogP contribution in [0.25, 0.3) is 11.4 Å². The quantitative estimate of drug-likeness (QED) is 0.875. The van der Waals surface area contributed by atoms with E-state index in [1.54, 1.807) is 7.11 Å². The Morgan fingerprint density at radius 2 is 2.10 bits per heavy atom. The Hall–Kier alpha value is -1.88. The summed E-state index contributed by atoms with van der Waals surface area (Å²) in [5, 5.41) is 7.39. The predicted molar refractivity (Wildman–Crippen MR) is 75.6 cm³/mol. The van der Waals surface area contributed by atoms with E-state index in [1.807, 2.05) is 31.3 Å². The summed E-state index contributed by atoms with van der Waals surface area (Å²) in [5.41, 5.74) is 0.938. The van der Waals surface area contributed by atoms with Crippen molar-refractivity contribution in [2.75, 3.05) is 14.2 Å². The summed E-state index contributed by atoms with van der Waals surface area (Å²) in [6.07, 6.45) is 3.39. The summed E-state index contributed by atoms with van der Waals surface area (Å²) >= 11 is 0. The zero-order chi connectivity index (χ0) is 13.9. The third-order valence-corrected chi connectivity index (χ3v) is 3.77. The van der Waals surface area contributed by atoms with Crippen LogP contribution in [0.15, 0.2) is 28.8 Å². The molecule has 1 unspecified atom stereocenters. The van der Waals surface area contributed by atoms with E-state index in [0.717, 1.165) is 23.7 Å². The summed E-state index contributed by atoms with van der Waals surface area (Å²) in [6.45, 7) is 0.